The molecule has 184 valence electrons. The van der Waals surface area contributed by atoms with Crippen LogP contribution in [0.5, 0.6) is 11.5 Å². The molecule has 0 aliphatic rings. The first-order valence-electron chi connectivity index (χ1n) is 10.9. The van der Waals surface area contributed by atoms with Crippen LogP contribution in [0.4, 0.5) is 15.9 Å². The number of rotatable bonds is 7. The molecule has 0 unspecified atom stereocenters. The Morgan fingerprint density at radius 2 is 1.83 bits per heavy atom. The van der Waals surface area contributed by atoms with Gasteiger partial charge >= 0.3 is 0 Å². The van der Waals surface area contributed by atoms with Gasteiger partial charge in [-0.3, -0.25) is 19.1 Å². The number of pyridine rings is 1. The number of anilines is 2. The van der Waals surface area contributed by atoms with Crippen molar-refractivity contribution in [1.82, 2.24) is 14.3 Å². The van der Waals surface area contributed by atoms with Crippen molar-refractivity contribution in [2.75, 3.05) is 17.2 Å². The van der Waals surface area contributed by atoms with E-state index in [0.29, 0.717) is 11.4 Å². The molecule has 0 saturated carbocycles. The fourth-order valence-corrected chi connectivity index (χ4v) is 3.55. The van der Waals surface area contributed by atoms with Crippen molar-refractivity contribution in [3.8, 4) is 17.2 Å². The third-order valence-corrected chi connectivity index (χ3v) is 5.38. The van der Waals surface area contributed by atoms with Gasteiger partial charge in [0.05, 0.1) is 17.9 Å². The summed E-state index contributed by atoms with van der Waals surface area (Å²) in [4.78, 5) is 41.4. The second-order valence-electron chi connectivity index (χ2n) is 7.77. The van der Waals surface area contributed by atoms with E-state index in [1.54, 1.807) is 42.9 Å². The summed E-state index contributed by atoms with van der Waals surface area (Å²) in [5, 5.41) is 5.05. The molecule has 36 heavy (non-hydrogen) atoms. The van der Waals surface area contributed by atoms with Crippen molar-refractivity contribution >= 4 is 23.3 Å². The molecule has 2 aromatic heterocycles. The van der Waals surface area contributed by atoms with Gasteiger partial charge in [-0.1, -0.05) is 18.2 Å². The SMILES string of the molecule is Cc1c(C(=O)Nc2ccc(Oc3ccnc(NC(=O)CN)c3)c(F)c2)c(=O)n(-c2ccccc2)n1C. The van der Waals surface area contributed by atoms with E-state index >= 15 is 0 Å². The van der Waals surface area contributed by atoms with Gasteiger partial charge in [0.1, 0.15) is 17.1 Å². The Kier molecular flexibility index (Phi) is 6.93. The Balaban J connectivity index is 1.53. The van der Waals surface area contributed by atoms with Crippen LogP contribution in [0, 0.1) is 12.7 Å². The van der Waals surface area contributed by atoms with Crippen molar-refractivity contribution in [2.24, 2.45) is 12.8 Å². The van der Waals surface area contributed by atoms with E-state index in [2.05, 4.69) is 15.6 Å². The highest BCUT2D eigenvalue weighted by Crippen LogP contribution is 2.28. The first kappa shape index (κ1) is 24.4. The van der Waals surface area contributed by atoms with E-state index in [4.69, 9.17) is 10.5 Å². The molecule has 0 saturated heterocycles. The second kappa shape index (κ2) is 10.2. The summed E-state index contributed by atoms with van der Waals surface area (Å²) >= 11 is 0. The molecule has 4 aromatic rings. The lowest BCUT2D eigenvalue weighted by Gasteiger charge is -2.10. The zero-order valence-electron chi connectivity index (χ0n) is 19.5. The zero-order chi connectivity index (χ0) is 25.8. The molecule has 0 atom stereocenters. The van der Waals surface area contributed by atoms with Gasteiger partial charge in [-0.25, -0.2) is 14.1 Å². The average Bonchev–Trinajstić information content (AvgIpc) is 3.09. The number of carbonyl (C=O) groups excluding carboxylic acids is 2. The van der Waals surface area contributed by atoms with E-state index in [9.17, 15) is 18.8 Å². The highest BCUT2D eigenvalue weighted by Gasteiger charge is 2.22. The van der Waals surface area contributed by atoms with Crippen LogP contribution < -0.4 is 26.7 Å². The van der Waals surface area contributed by atoms with E-state index in [1.807, 2.05) is 6.07 Å². The summed E-state index contributed by atoms with van der Waals surface area (Å²) < 4.78 is 23.3. The maximum atomic E-state index is 14.8. The van der Waals surface area contributed by atoms with Crippen LogP contribution in [0.25, 0.3) is 5.69 Å². The van der Waals surface area contributed by atoms with Crippen molar-refractivity contribution < 1.29 is 18.7 Å². The Hall–Kier alpha value is -4.77. The number of nitrogens with one attached hydrogen (secondary N) is 2. The molecule has 2 amide bonds. The number of amides is 2. The molecule has 0 fully saturated rings. The third kappa shape index (κ3) is 5.00. The number of carbonyl (C=O) groups is 2. The first-order chi connectivity index (χ1) is 17.3. The third-order valence-electron chi connectivity index (χ3n) is 5.38. The van der Waals surface area contributed by atoms with Crippen LogP contribution in [0.1, 0.15) is 16.1 Å². The van der Waals surface area contributed by atoms with Crippen molar-refractivity contribution in [3.05, 3.63) is 94.3 Å². The summed E-state index contributed by atoms with van der Waals surface area (Å²) in [6, 6.07) is 15.7. The van der Waals surface area contributed by atoms with Crippen LogP contribution in [0.3, 0.4) is 0 Å². The van der Waals surface area contributed by atoms with E-state index < -0.39 is 23.2 Å². The minimum absolute atomic E-state index is 0.0501. The largest absolute Gasteiger partial charge is 0.454 e. The monoisotopic (exact) mass is 490 g/mol. The molecule has 2 aromatic carbocycles. The summed E-state index contributed by atoms with van der Waals surface area (Å²) in [7, 11) is 1.68. The van der Waals surface area contributed by atoms with Crippen LogP contribution in [-0.4, -0.2) is 32.7 Å². The van der Waals surface area contributed by atoms with Gasteiger partial charge in [0, 0.05) is 31.1 Å². The van der Waals surface area contributed by atoms with Gasteiger partial charge in [-0.15, -0.1) is 0 Å². The average molecular weight is 490 g/mol. The van der Waals surface area contributed by atoms with E-state index in [0.717, 1.165) is 6.07 Å². The van der Waals surface area contributed by atoms with Crippen molar-refractivity contribution in [1.29, 1.82) is 0 Å². The standard InChI is InChI=1S/C25H23FN6O4/c1-15-23(25(35)32(31(15)2)17-6-4-3-5-7-17)24(34)29-16-8-9-20(19(26)12-16)36-18-10-11-28-21(13-18)30-22(33)14-27/h3-13H,14,27H2,1-2H3,(H,29,34)(H,28,30,33). The number of nitrogens with zero attached hydrogens (tertiary/aromatic N) is 3. The molecule has 4 N–H and O–H groups in total. The zero-order valence-corrected chi connectivity index (χ0v) is 19.5. The summed E-state index contributed by atoms with van der Waals surface area (Å²) in [5.41, 5.74) is 5.94. The molecular weight excluding hydrogens is 467 g/mol. The maximum absolute atomic E-state index is 14.8. The molecule has 0 radical (unpaired) electrons. The van der Waals surface area contributed by atoms with E-state index in [-0.39, 0.29) is 35.1 Å². The normalized spacial score (nSPS) is 10.7. The molecule has 0 aliphatic carbocycles. The lowest BCUT2D eigenvalue weighted by atomic mass is 10.2. The number of nitrogens with two attached hydrogens (primary N) is 1. The molecule has 11 heteroatoms. The number of para-hydroxylation sites is 1. The van der Waals surface area contributed by atoms with Crippen molar-refractivity contribution in [2.45, 2.75) is 6.92 Å². The Labute approximate surface area is 205 Å². The molecule has 0 aliphatic heterocycles. The molecule has 0 bridgehead atoms. The van der Waals surface area contributed by atoms with Crippen LogP contribution in [-0.2, 0) is 11.8 Å². The predicted molar refractivity (Wildman–Crippen MR) is 132 cm³/mol. The van der Waals surface area contributed by atoms with Crippen molar-refractivity contribution in [3.63, 3.8) is 0 Å². The lowest BCUT2D eigenvalue weighted by Crippen LogP contribution is -2.25. The topological polar surface area (TPSA) is 133 Å². The number of halogens is 1. The van der Waals surface area contributed by atoms with Gasteiger partial charge < -0.3 is 21.1 Å². The minimum atomic E-state index is -0.747. The van der Waals surface area contributed by atoms with Crippen LogP contribution in [0.15, 0.2) is 71.7 Å². The molecule has 4 rings (SSSR count). The maximum Gasteiger partial charge on any atom is 0.284 e. The first-order valence-corrected chi connectivity index (χ1v) is 10.9. The molecular formula is C25H23FN6O4. The molecule has 10 nitrogen and oxygen atoms in total. The fourth-order valence-electron chi connectivity index (χ4n) is 3.55. The van der Waals surface area contributed by atoms with Crippen LogP contribution >= 0.6 is 0 Å². The van der Waals surface area contributed by atoms with Gasteiger partial charge in [-0.05, 0) is 37.3 Å². The van der Waals surface area contributed by atoms with Gasteiger partial charge in [0.15, 0.2) is 11.6 Å². The van der Waals surface area contributed by atoms with Gasteiger partial charge in [-0.2, -0.15) is 0 Å². The fraction of sp³-hybridized carbons (Fsp3) is 0.120. The second-order valence-corrected chi connectivity index (χ2v) is 7.77. The van der Waals surface area contributed by atoms with Gasteiger partial charge in [0.2, 0.25) is 5.91 Å². The molecule has 2 heterocycles. The summed E-state index contributed by atoms with van der Waals surface area (Å²) in [6.45, 7) is 1.45. The molecule has 0 spiro atoms. The highest BCUT2D eigenvalue weighted by molar-refractivity contribution is 6.05. The number of ether oxygens (including phenoxy) is 1. The highest BCUT2D eigenvalue weighted by atomic mass is 19.1. The van der Waals surface area contributed by atoms with Crippen LogP contribution in [0.2, 0.25) is 0 Å². The number of aromatic nitrogens is 3. The number of benzene rings is 2. The predicted octanol–water partition coefficient (Wildman–Crippen LogP) is 2.96. The van der Waals surface area contributed by atoms with Gasteiger partial charge in [0.25, 0.3) is 11.5 Å². The number of hydrogen-bond acceptors (Lipinski definition) is 6. The summed E-state index contributed by atoms with van der Waals surface area (Å²) in [5.74, 6) is -1.53. The Bertz CT molecular complexity index is 1500. The Morgan fingerprint density at radius 1 is 1.08 bits per heavy atom. The Morgan fingerprint density at radius 3 is 2.53 bits per heavy atom. The smallest absolute Gasteiger partial charge is 0.284 e. The quantitative estimate of drug-likeness (QED) is 0.365. The minimum Gasteiger partial charge on any atom is -0.454 e. The summed E-state index contributed by atoms with van der Waals surface area (Å²) in [6.07, 6.45) is 1.39. The van der Waals surface area contributed by atoms with E-state index in [1.165, 1.54) is 35.1 Å². The number of hydrogen-bond donors (Lipinski definition) is 3. The lowest BCUT2D eigenvalue weighted by molar-refractivity contribution is -0.114.